The van der Waals surface area contributed by atoms with Gasteiger partial charge in [0.1, 0.15) is 5.75 Å². The second kappa shape index (κ2) is 8.88. The molecular weight excluding hydrogens is 346 g/mol. The van der Waals surface area contributed by atoms with Crippen LogP contribution in [0.1, 0.15) is 26.8 Å². The van der Waals surface area contributed by atoms with Crippen molar-refractivity contribution in [2.75, 3.05) is 18.4 Å². The highest BCUT2D eigenvalue weighted by atomic mass is 35.5. The molecule has 26 heavy (non-hydrogen) atoms. The van der Waals surface area contributed by atoms with E-state index < -0.39 is 0 Å². The quantitative estimate of drug-likeness (QED) is 0.536. The Morgan fingerprint density at radius 3 is 2.58 bits per heavy atom. The van der Waals surface area contributed by atoms with Crippen molar-refractivity contribution in [3.63, 3.8) is 0 Å². The van der Waals surface area contributed by atoms with E-state index in [0.29, 0.717) is 10.8 Å². The summed E-state index contributed by atoms with van der Waals surface area (Å²) in [7, 11) is 0. The number of nitrogens with one attached hydrogen (secondary N) is 1. The van der Waals surface area contributed by atoms with Gasteiger partial charge in [0.15, 0.2) is 0 Å². The Labute approximate surface area is 160 Å². The molecule has 3 aromatic rings. The van der Waals surface area contributed by atoms with Crippen LogP contribution in [0.2, 0.25) is 5.02 Å². The van der Waals surface area contributed by atoms with E-state index in [0.717, 1.165) is 47.5 Å². The van der Waals surface area contributed by atoms with Gasteiger partial charge in [-0.2, -0.15) is 0 Å². The van der Waals surface area contributed by atoms with E-state index in [4.69, 9.17) is 11.6 Å². The second-order valence-corrected chi connectivity index (χ2v) is 6.39. The summed E-state index contributed by atoms with van der Waals surface area (Å²) in [6.45, 7) is 6.86. The van der Waals surface area contributed by atoms with Gasteiger partial charge in [-0.1, -0.05) is 32.9 Å². The zero-order chi connectivity index (χ0) is 17.8. The standard InChI is InChI=1S/C20H22ClN3O.CH4/c1-3-24(4-2)13-14-11-16(6-8-20(14)25)23-18-9-10-22-19-12-15(21)5-7-17(18)19;/h5-12,25H,3-4,13H2,1-2H3,(H,22,23);1H4. The van der Waals surface area contributed by atoms with Gasteiger partial charge >= 0.3 is 0 Å². The average molecular weight is 372 g/mol. The molecule has 1 aromatic heterocycles. The highest BCUT2D eigenvalue weighted by molar-refractivity contribution is 6.31. The average Bonchev–Trinajstić information content (AvgIpc) is 2.62. The zero-order valence-corrected chi connectivity index (χ0v) is 15.2. The van der Waals surface area contributed by atoms with E-state index >= 15 is 0 Å². The summed E-state index contributed by atoms with van der Waals surface area (Å²) in [6.07, 6.45) is 1.76. The summed E-state index contributed by atoms with van der Waals surface area (Å²) in [6, 6.07) is 13.2. The SMILES string of the molecule is C.CCN(CC)Cc1cc(Nc2ccnc3cc(Cl)ccc23)ccc1O. The molecule has 0 unspecified atom stereocenters. The highest BCUT2D eigenvalue weighted by Crippen LogP contribution is 2.29. The number of hydrogen-bond acceptors (Lipinski definition) is 4. The number of aromatic nitrogens is 1. The van der Waals surface area contributed by atoms with Crippen LogP contribution in [0.15, 0.2) is 48.7 Å². The van der Waals surface area contributed by atoms with Crippen molar-refractivity contribution in [3.05, 3.63) is 59.2 Å². The van der Waals surface area contributed by atoms with Gasteiger partial charge in [0.25, 0.3) is 0 Å². The minimum absolute atomic E-state index is 0. The van der Waals surface area contributed by atoms with Crippen LogP contribution in [0.5, 0.6) is 5.75 Å². The van der Waals surface area contributed by atoms with Crippen molar-refractivity contribution in [1.82, 2.24) is 9.88 Å². The normalized spacial score (nSPS) is 10.8. The van der Waals surface area contributed by atoms with Crippen molar-refractivity contribution in [2.24, 2.45) is 0 Å². The molecular formula is C21H26ClN3O. The topological polar surface area (TPSA) is 48.4 Å². The fourth-order valence-electron chi connectivity index (χ4n) is 2.86. The fraction of sp³-hybridized carbons (Fsp3) is 0.286. The Bertz CT molecular complexity index is 878. The van der Waals surface area contributed by atoms with Crippen molar-refractivity contribution < 1.29 is 5.11 Å². The number of anilines is 2. The first-order valence-corrected chi connectivity index (χ1v) is 8.84. The monoisotopic (exact) mass is 371 g/mol. The van der Waals surface area contributed by atoms with Gasteiger partial charge in [-0.25, -0.2) is 0 Å². The third kappa shape index (κ3) is 4.45. The molecule has 5 heteroatoms. The van der Waals surface area contributed by atoms with Crippen molar-refractivity contribution in [2.45, 2.75) is 27.8 Å². The maximum absolute atomic E-state index is 10.2. The molecule has 3 rings (SSSR count). The highest BCUT2D eigenvalue weighted by Gasteiger charge is 2.09. The molecule has 0 fully saturated rings. The third-order valence-corrected chi connectivity index (χ3v) is 4.59. The molecule has 2 N–H and O–H groups in total. The summed E-state index contributed by atoms with van der Waals surface area (Å²) in [4.78, 5) is 6.63. The van der Waals surface area contributed by atoms with Crippen molar-refractivity contribution in [1.29, 1.82) is 0 Å². The summed E-state index contributed by atoms with van der Waals surface area (Å²) < 4.78 is 0. The molecule has 0 amide bonds. The first kappa shape index (κ1) is 20.0. The molecule has 0 aliphatic carbocycles. The molecule has 4 nitrogen and oxygen atoms in total. The number of benzene rings is 2. The Morgan fingerprint density at radius 1 is 1.08 bits per heavy atom. The largest absolute Gasteiger partial charge is 0.508 e. The molecule has 0 aliphatic heterocycles. The molecule has 0 atom stereocenters. The molecule has 1 heterocycles. The van der Waals surface area contributed by atoms with E-state index in [1.807, 2.05) is 36.4 Å². The summed E-state index contributed by atoms with van der Waals surface area (Å²) in [5.74, 6) is 0.323. The minimum Gasteiger partial charge on any atom is -0.508 e. The number of aromatic hydroxyl groups is 1. The van der Waals surface area contributed by atoms with Gasteiger partial charge in [-0.05, 0) is 55.6 Å². The predicted molar refractivity (Wildman–Crippen MR) is 111 cm³/mol. The van der Waals surface area contributed by atoms with E-state index in [9.17, 15) is 5.11 Å². The molecule has 0 aliphatic rings. The van der Waals surface area contributed by atoms with Gasteiger partial charge in [-0.3, -0.25) is 9.88 Å². The third-order valence-electron chi connectivity index (χ3n) is 4.35. The minimum atomic E-state index is 0. The van der Waals surface area contributed by atoms with Crippen molar-refractivity contribution >= 4 is 33.9 Å². The van der Waals surface area contributed by atoms with Crippen LogP contribution in [-0.4, -0.2) is 28.1 Å². The van der Waals surface area contributed by atoms with E-state index in [1.165, 1.54) is 0 Å². The van der Waals surface area contributed by atoms with E-state index in [2.05, 4.69) is 29.0 Å². The van der Waals surface area contributed by atoms with Crippen LogP contribution in [0.25, 0.3) is 10.9 Å². The van der Waals surface area contributed by atoms with Gasteiger partial charge in [0, 0.05) is 40.1 Å². The van der Waals surface area contributed by atoms with Gasteiger partial charge in [-0.15, -0.1) is 0 Å². The van der Waals surface area contributed by atoms with Gasteiger partial charge in [0.05, 0.1) is 5.52 Å². The van der Waals surface area contributed by atoms with Crippen LogP contribution in [0.3, 0.4) is 0 Å². The van der Waals surface area contributed by atoms with Crippen molar-refractivity contribution in [3.8, 4) is 5.75 Å². The Balaban J connectivity index is 0.00000243. The van der Waals surface area contributed by atoms with Gasteiger partial charge in [0.2, 0.25) is 0 Å². The lowest BCUT2D eigenvalue weighted by molar-refractivity contribution is 0.291. The fourth-order valence-corrected chi connectivity index (χ4v) is 3.03. The van der Waals surface area contributed by atoms with E-state index in [1.54, 1.807) is 12.3 Å². The molecule has 0 bridgehead atoms. The molecule has 0 saturated heterocycles. The summed E-state index contributed by atoms with van der Waals surface area (Å²) in [5, 5.41) is 15.3. The molecule has 2 aromatic carbocycles. The number of pyridine rings is 1. The lowest BCUT2D eigenvalue weighted by Crippen LogP contribution is -2.22. The number of halogens is 1. The number of phenols is 1. The van der Waals surface area contributed by atoms with E-state index in [-0.39, 0.29) is 7.43 Å². The van der Waals surface area contributed by atoms with Crippen LogP contribution in [-0.2, 0) is 6.54 Å². The number of hydrogen-bond donors (Lipinski definition) is 2. The Hall–Kier alpha value is -2.30. The lowest BCUT2D eigenvalue weighted by atomic mass is 10.1. The number of rotatable bonds is 6. The molecule has 138 valence electrons. The molecule has 0 saturated carbocycles. The lowest BCUT2D eigenvalue weighted by Gasteiger charge is -2.19. The first-order valence-electron chi connectivity index (χ1n) is 8.46. The van der Waals surface area contributed by atoms with Crippen LogP contribution >= 0.6 is 11.6 Å². The smallest absolute Gasteiger partial charge is 0.120 e. The maximum atomic E-state index is 10.2. The zero-order valence-electron chi connectivity index (χ0n) is 14.5. The summed E-state index contributed by atoms with van der Waals surface area (Å²) in [5.41, 5.74) is 3.65. The second-order valence-electron chi connectivity index (χ2n) is 5.95. The maximum Gasteiger partial charge on any atom is 0.120 e. The van der Waals surface area contributed by atoms with Crippen LogP contribution in [0.4, 0.5) is 11.4 Å². The van der Waals surface area contributed by atoms with Crippen LogP contribution < -0.4 is 5.32 Å². The number of phenolic OH excluding ortho intramolecular Hbond substituents is 1. The number of nitrogens with zero attached hydrogens (tertiary/aromatic N) is 2. The number of fused-ring (bicyclic) bond motifs is 1. The molecule has 0 radical (unpaired) electrons. The summed E-state index contributed by atoms with van der Waals surface area (Å²) >= 11 is 6.05. The first-order chi connectivity index (χ1) is 12.1. The predicted octanol–water partition coefficient (Wildman–Crippen LogP) is 5.82. The van der Waals surface area contributed by atoms with Gasteiger partial charge < -0.3 is 10.4 Å². The molecule has 0 spiro atoms. The van der Waals surface area contributed by atoms with Crippen LogP contribution in [0, 0.1) is 0 Å². The Kier molecular flexibility index (Phi) is 6.83. The Morgan fingerprint density at radius 2 is 1.85 bits per heavy atom.